The summed E-state index contributed by atoms with van der Waals surface area (Å²) in [4.78, 5) is 31.2. The van der Waals surface area contributed by atoms with Crippen molar-refractivity contribution in [2.75, 3.05) is 11.9 Å². The molecule has 5 rings (SSSR count). The number of carbonyl (C=O) groups excluding carboxylic acids is 2. The van der Waals surface area contributed by atoms with E-state index in [-0.39, 0.29) is 18.3 Å². The summed E-state index contributed by atoms with van der Waals surface area (Å²) in [6.45, 7) is 1.96. The zero-order valence-electron chi connectivity index (χ0n) is 19.3. The number of carbonyl (C=O) groups is 2. The first-order chi connectivity index (χ1) is 17.5. The number of nitrogens with one attached hydrogen (secondary N) is 1. The van der Waals surface area contributed by atoms with Gasteiger partial charge >= 0.3 is 5.97 Å². The molecule has 2 aromatic heterocycles. The normalized spacial score (nSPS) is 10.8. The molecule has 0 unspecified atom stereocenters. The van der Waals surface area contributed by atoms with Gasteiger partial charge in [0.25, 0.3) is 5.91 Å². The molecule has 0 spiro atoms. The molecular weight excluding hydrogens is 475 g/mol. The topological polar surface area (TPSA) is 68.3 Å². The maximum absolute atomic E-state index is 13.6. The van der Waals surface area contributed by atoms with Gasteiger partial charge in [-0.25, -0.2) is 14.2 Å². The van der Waals surface area contributed by atoms with Crippen LogP contribution in [0.4, 0.5) is 9.39 Å². The second kappa shape index (κ2) is 10.1. The molecule has 0 aliphatic rings. The van der Waals surface area contributed by atoms with Crippen LogP contribution in [0.1, 0.15) is 27.6 Å². The third kappa shape index (κ3) is 4.61. The minimum Gasteiger partial charge on any atom is -0.462 e. The van der Waals surface area contributed by atoms with Gasteiger partial charge in [-0.3, -0.25) is 4.79 Å². The molecule has 0 atom stereocenters. The third-order valence-corrected chi connectivity index (χ3v) is 6.58. The number of esters is 1. The molecule has 5 aromatic rings. The molecule has 5 nitrogen and oxygen atoms in total. The van der Waals surface area contributed by atoms with Gasteiger partial charge in [-0.1, -0.05) is 48.5 Å². The van der Waals surface area contributed by atoms with Crippen LogP contribution in [0.5, 0.6) is 0 Å². The summed E-state index contributed by atoms with van der Waals surface area (Å²) < 4.78 is 18.8. The minimum atomic E-state index is -0.500. The number of benzene rings is 3. The molecule has 2 heterocycles. The van der Waals surface area contributed by atoms with E-state index in [1.54, 1.807) is 25.1 Å². The van der Waals surface area contributed by atoms with E-state index >= 15 is 0 Å². The van der Waals surface area contributed by atoms with E-state index in [4.69, 9.17) is 4.74 Å². The summed E-state index contributed by atoms with van der Waals surface area (Å²) in [5, 5.41) is 5.84. The van der Waals surface area contributed by atoms with Gasteiger partial charge in [0.15, 0.2) is 0 Å². The number of hydrogen-bond donors (Lipinski definition) is 1. The van der Waals surface area contributed by atoms with Crippen LogP contribution in [0.3, 0.4) is 0 Å². The highest BCUT2D eigenvalue weighted by Crippen LogP contribution is 2.37. The average molecular weight is 497 g/mol. The lowest BCUT2D eigenvalue weighted by atomic mass is 10.0. The second-order valence-corrected chi connectivity index (χ2v) is 8.85. The van der Waals surface area contributed by atoms with Gasteiger partial charge in [0.1, 0.15) is 16.4 Å². The smallest absolute Gasteiger partial charge is 0.341 e. The number of anilines is 1. The summed E-state index contributed by atoms with van der Waals surface area (Å²) in [5.41, 5.74) is 4.12. The van der Waals surface area contributed by atoms with Crippen molar-refractivity contribution >= 4 is 39.1 Å². The first kappa shape index (κ1) is 23.4. The van der Waals surface area contributed by atoms with E-state index in [9.17, 15) is 14.0 Å². The van der Waals surface area contributed by atoms with Crippen molar-refractivity contribution in [3.63, 3.8) is 0 Å². The van der Waals surface area contributed by atoms with E-state index in [0.717, 1.165) is 5.56 Å². The van der Waals surface area contributed by atoms with Crippen LogP contribution in [0.25, 0.3) is 33.3 Å². The molecule has 7 heteroatoms. The lowest BCUT2D eigenvalue weighted by molar-refractivity contribution is 0.0529. The Labute approximate surface area is 211 Å². The van der Waals surface area contributed by atoms with Gasteiger partial charge in [0, 0.05) is 21.9 Å². The number of rotatable bonds is 6. The van der Waals surface area contributed by atoms with Crippen molar-refractivity contribution in [2.24, 2.45) is 0 Å². The van der Waals surface area contributed by atoms with E-state index in [1.165, 1.54) is 23.5 Å². The standard InChI is InChI=1S/C29H21FN2O3S/c1-2-35-29(34)26-23(18-8-4-3-5-9-18)17-36-28(26)32-27(33)22-16-25(19-12-14-20(30)15-13-19)31-24-11-7-6-10-21(22)24/h3-17H,2H2,1H3,(H,32,33). The van der Waals surface area contributed by atoms with Crippen LogP contribution in [-0.2, 0) is 4.74 Å². The largest absolute Gasteiger partial charge is 0.462 e. The van der Waals surface area contributed by atoms with Crippen LogP contribution < -0.4 is 5.32 Å². The second-order valence-electron chi connectivity index (χ2n) is 7.97. The lowest BCUT2D eigenvalue weighted by Gasteiger charge is -2.12. The fraction of sp³-hybridized carbons (Fsp3) is 0.0690. The zero-order valence-corrected chi connectivity index (χ0v) is 20.1. The molecule has 3 aromatic carbocycles. The van der Waals surface area contributed by atoms with Gasteiger partial charge in [0.2, 0.25) is 0 Å². The van der Waals surface area contributed by atoms with Crippen LogP contribution in [0.2, 0.25) is 0 Å². The molecule has 1 N–H and O–H groups in total. The molecule has 36 heavy (non-hydrogen) atoms. The van der Waals surface area contributed by atoms with E-state index in [2.05, 4.69) is 10.3 Å². The maximum atomic E-state index is 13.6. The maximum Gasteiger partial charge on any atom is 0.341 e. The van der Waals surface area contributed by atoms with Crippen LogP contribution in [-0.4, -0.2) is 23.5 Å². The SMILES string of the molecule is CCOC(=O)c1c(-c2ccccc2)csc1NC(=O)c1cc(-c2ccc(F)cc2)nc2ccccc12. The number of pyridine rings is 1. The summed E-state index contributed by atoms with van der Waals surface area (Å²) >= 11 is 1.27. The Morgan fingerprint density at radius 2 is 1.67 bits per heavy atom. The Morgan fingerprint density at radius 3 is 2.42 bits per heavy atom. The van der Waals surface area contributed by atoms with Gasteiger partial charge in [-0.2, -0.15) is 0 Å². The number of amides is 1. The molecule has 0 bridgehead atoms. The summed E-state index contributed by atoms with van der Waals surface area (Å²) in [6.07, 6.45) is 0. The number of fused-ring (bicyclic) bond motifs is 1. The van der Waals surface area contributed by atoms with Crippen LogP contribution in [0, 0.1) is 5.82 Å². The van der Waals surface area contributed by atoms with Crippen molar-refractivity contribution in [3.8, 4) is 22.4 Å². The average Bonchev–Trinajstić information content (AvgIpc) is 3.32. The highest BCUT2D eigenvalue weighted by molar-refractivity contribution is 7.15. The Morgan fingerprint density at radius 1 is 0.944 bits per heavy atom. The zero-order chi connectivity index (χ0) is 25.1. The Kier molecular flexibility index (Phi) is 6.56. The minimum absolute atomic E-state index is 0.215. The molecule has 0 saturated carbocycles. The van der Waals surface area contributed by atoms with Crippen molar-refractivity contribution in [3.05, 3.63) is 107 Å². The summed E-state index contributed by atoms with van der Waals surface area (Å²) in [6, 6.07) is 24.4. The highest BCUT2D eigenvalue weighted by Gasteiger charge is 2.24. The van der Waals surface area contributed by atoms with Gasteiger partial charge in [-0.15, -0.1) is 11.3 Å². The van der Waals surface area contributed by atoms with Crippen molar-refractivity contribution < 1.29 is 18.7 Å². The number of nitrogens with zero attached hydrogens (tertiary/aromatic N) is 1. The Balaban J connectivity index is 1.58. The number of aromatic nitrogens is 1. The van der Waals surface area contributed by atoms with Gasteiger partial charge in [0.05, 0.1) is 23.4 Å². The molecule has 0 saturated heterocycles. The third-order valence-electron chi connectivity index (χ3n) is 5.68. The molecule has 0 radical (unpaired) electrons. The fourth-order valence-corrected chi connectivity index (χ4v) is 4.94. The summed E-state index contributed by atoms with van der Waals surface area (Å²) in [7, 11) is 0. The fourth-order valence-electron chi connectivity index (χ4n) is 3.99. The molecule has 1 amide bonds. The van der Waals surface area contributed by atoms with E-state index in [1.807, 2.05) is 60.0 Å². The number of ether oxygens (including phenoxy) is 1. The van der Waals surface area contributed by atoms with Crippen LogP contribution in [0.15, 0.2) is 90.3 Å². The van der Waals surface area contributed by atoms with Crippen LogP contribution >= 0.6 is 11.3 Å². The molecule has 0 fully saturated rings. The number of hydrogen-bond acceptors (Lipinski definition) is 5. The first-order valence-electron chi connectivity index (χ1n) is 11.4. The monoisotopic (exact) mass is 496 g/mol. The highest BCUT2D eigenvalue weighted by atomic mass is 32.1. The van der Waals surface area contributed by atoms with Gasteiger partial charge < -0.3 is 10.1 Å². The molecule has 0 aliphatic carbocycles. The molecular formula is C29H21FN2O3S. The molecule has 178 valence electrons. The number of halogens is 1. The predicted octanol–water partition coefficient (Wildman–Crippen LogP) is 7.20. The number of para-hydroxylation sites is 1. The predicted molar refractivity (Wildman–Crippen MR) is 141 cm³/mol. The lowest BCUT2D eigenvalue weighted by Crippen LogP contribution is -2.15. The Bertz CT molecular complexity index is 1560. The Hall–Kier alpha value is -4.36. The van der Waals surface area contributed by atoms with Crippen molar-refractivity contribution in [1.29, 1.82) is 0 Å². The van der Waals surface area contributed by atoms with Gasteiger partial charge in [-0.05, 0) is 48.9 Å². The quantitative estimate of drug-likeness (QED) is 0.253. The van der Waals surface area contributed by atoms with E-state index in [0.29, 0.717) is 43.9 Å². The van der Waals surface area contributed by atoms with Crippen molar-refractivity contribution in [2.45, 2.75) is 6.92 Å². The van der Waals surface area contributed by atoms with Crippen molar-refractivity contribution in [1.82, 2.24) is 4.98 Å². The molecule has 0 aliphatic heterocycles. The van der Waals surface area contributed by atoms with E-state index < -0.39 is 5.97 Å². The summed E-state index contributed by atoms with van der Waals surface area (Å²) in [5.74, 6) is -1.24. The number of thiophene rings is 1. The first-order valence-corrected chi connectivity index (χ1v) is 12.2.